The molecule has 0 radical (unpaired) electrons. The lowest BCUT2D eigenvalue weighted by atomic mass is 10.2. The number of carbonyl (C=O) groups excluding carboxylic acids is 1. The first-order valence-corrected chi connectivity index (χ1v) is 11.8. The standard InChI is InChI=1S/C20H24F3N5O4S/c1-4-5-8-24-19(29)32-33(30,31)10-7-16-13(2)26-27(3)18(16)28-9-6-14-11-15(20(21,22)23)12-25-17(14)28/h6,9,11-12H,4-5,7-8,10H2,1-3H3,(H,24,29). The maximum absolute atomic E-state index is 13.0. The van der Waals surface area contributed by atoms with Crippen molar-refractivity contribution in [3.8, 4) is 5.82 Å². The normalized spacial score (nSPS) is 12.3. The minimum atomic E-state index is -4.52. The predicted octanol–water partition coefficient (Wildman–Crippen LogP) is 3.48. The van der Waals surface area contributed by atoms with Crippen molar-refractivity contribution in [1.82, 2.24) is 24.6 Å². The van der Waals surface area contributed by atoms with Gasteiger partial charge in [0.1, 0.15) is 11.5 Å². The van der Waals surface area contributed by atoms with E-state index in [2.05, 4.69) is 19.6 Å². The SMILES string of the molecule is CCCCNC(=O)OS(=O)(=O)CCc1c(C)nn(C)c1-n1ccc2cc(C(F)(F)F)cnc21. The number of aromatic nitrogens is 4. The Balaban J connectivity index is 1.85. The van der Waals surface area contributed by atoms with Crippen molar-refractivity contribution in [2.45, 2.75) is 39.3 Å². The number of alkyl halides is 3. The molecule has 0 unspecified atom stereocenters. The van der Waals surface area contributed by atoms with Crippen LogP contribution in [0.25, 0.3) is 16.9 Å². The minimum absolute atomic E-state index is 0.0279. The third-order valence-electron chi connectivity index (χ3n) is 5.00. The summed E-state index contributed by atoms with van der Waals surface area (Å²) in [6.07, 6.45) is -1.77. The van der Waals surface area contributed by atoms with Crippen LogP contribution in [0.15, 0.2) is 24.5 Å². The summed E-state index contributed by atoms with van der Waals surface area (Å²) in [4.78, 5) is 15.7. The van der Waals surface area contributed by atoms with E-state index in [0.717, 1.165) is 18.7 Å². The summed E-state index contributed by atoms with van der Waals surface area (Å²) < 4.78 is 71.2. The average molecular weight is 488 g/mol. The molecule has 0 bridgehead atoms. The lowest BCUT2D eigenvalue weighted by Crippen LogP contribution is -2.29. The van der Waals surface area contributed by atoms with Gasteiger partial charge in [0.25, 0.3) is 0 Å². The molecule has 0 saturated carbocycles. The second kappa shape index (κ2) is 9.41. The first-order chi connectivity index (χ1) is 15.4. The van der Waals surface area contributed by atoms with Gasteiger partial charge in [0.05, 0.1) is 17.0 Å². The summed E-state index contributed by atoms with van der Waals surface area (Å²) >= 11 is 0. The number of unbranched alkanes of at least 4 members (excludes halogenated alkanes) is 1. The number of nitrogens with one attached hydrogen (secondary N) is 1. The summed E-state index contributed by atoms with van der Waals surface area (Å²) in [6.45, 7) is 3.92. The maximum atomic E-state index is 13.0. The average Bonchev–Trinajstić information content (AvgIpc) is 3.24. The lowest BCUT2D eigenvalue weighted by Gasteiger charge is -2.11. The van der Waals surface area contributed by atoms with Crippen molar-refractivity contribution in [3.63, 3.8) is 0 Å². The van der Waals surface area contributed by atoms with Crippen LogP contribution in [-0.2, 0) is 33.9 Å². The zero-order valence-electron chi connectivity index (χ0n) is 18.3. The monoisotopic (exact) mass is 487 g/mol. The number of pyridine rings is 1. The molecule has 0 aliphatic heterocycles. The van der Waals surface area contributed by atoms with Crippen molar-refractivity contribution in [2.24, 2.45) is 7.05 Å². The van der Waals surface area contributed by atoms with Gasteiger partial charge in [-0.3, -0.25) is 9.25 Å². The predicted molar refractivity (Wildman–Crippen MR) is 114 cm³/mol. The number of amides is 1. The zero-order valence-corrected chi connectivity index (χ0v) is 19.1. The number of nitrogens with zero attached hydrogens (tertiary/aromatic N) is 4. The topological polar surface area (TPSA) is 108 Å². The second-order valence-corrected chi connectivity index (χ2v) is 9.18. The molecule has 13 heteroatoms. The Bertz CT molecular complexity index is 1260. The van der Waals surface area contributed by atoms with Crippen molar-refractivity contribution in [2.75, 3.05) is 12.3 Å². The Hall–Kier alpha value is -3.09. The fourth-order valence-corrected chi connectivity index (χ4v) is 4.24. The second-order valence-electron chi connectivity index (χ2n) is 7.49. The van der Waals surface area contributed by atoms with Crippen LogP contribution in [-0.4, -0.2) is 46.1 Å². The molecule has 0 atom stereocenters. The van der Waals surface area contributed by atoms with E-state index in [1.165, 1.54) is 10.7 Å². The van der Waals surface area contributed by atoms with Crippen molar-refractivity contribution in [3.05, 3.63) is 41.3 Å². The molecule has 3 aromatic heterocycles. The quantitative estimate of drug-likeness (QED) is 0.385. The number of halogens is 3. The van der Waals surface area contributed by atoms with Crippen LogP contribution in [0.5, 0.6) is 0 Å². The van der Waals surface area contributed by atoms with Crippen LogP contribution in [0.4, 0.5) is 18.0 Å². The smallest absolute Gasteiger partial charge is 0.328 e. The van der Waals surface area contributed by atoms with Crippen LogP contribution in [0.1, 0.15) is 36.6 Å². The fourth-order valence-electron chi connectivity index (χ4n) is 3.41. The van der Waals surface area contributed by atoms with E-state index >= 15 is 0 Å². The van der Waals surface area contributed by atoms with Gasteiger partial charge < -0.3 is 9.50 Å². The van der Waals surface area contributed by atoms with Crippen molar-refractivity contribution >= 4 is 27.2 Å². The third kappa shape index (κ3) is 5.64. The number of hydrogen-bond donors (Lipinski definition) is 1. The van der Waals surface area contributed by atoms with Gasteiger partial charge in [0.2, 0.25) is 0 Å². The van der Waals surface area contributed by atoms with Crippen LogP contribution < -0.4 is 5.32 Å². The molecule has 0 aliphatic carbocycles. The number of carbonyl (C=O) groups is 1. The summed E-state index contributed by atoms with van der Waals surface area (Å²) in [6, 6.07) is 2.49. The highest BCUT2D eigenvalue weighted by atomic mass is 32.2. The van der Waals surface area contributed by atoms with Gasteiger partial charge in [0, 0.05) is 36.9 Å². The van der Waals surface area contributed by atoms with Gasteiger partial charge in [-0.15, -0.1) is 0 Å². The van der Waals surface area contributed by atoms with Gasteiger partial charge >= 0.3 is 22.4 Å². The molecule has 1 N–H and O–H groups in total. The van der Waals surface area contributed by atoms with E-state index < -0.39 is 33.7 Å². The Morgan fingerprint density at radius 1 is 1.30 bits per heavy atom. The van der Waals surface area contributed by atoms with Gasteiger partial charge in [-0.25, -0.2) is 9.78 Å². The molecular formula is C20H24F3N5O4S. The van der Waals surface area contributed by atoms with E-state index in [1.807, 2.05) is 6.92 Å². The van der Waals surface area contributed by atoms with E-state index in [0.29, 0.717) is 30.0 Å². The van der Waals surface area contributed by atoms with Crippen molar-refractivity contribution < 1.29 is 30.6 Å². The van der Waals surface area contributed by atoms with E-state index in [9.17, 15) is 26.4 Å². The molecular weight excluding hydrogens is 463 g/mol. The molecule has 0 aromatic carbocycles. The molecule has 180 valence electrons. The largest absolute Gasteiger partial charge is 0.422 e. The molecule has 3 rings (SSSR count). The number of hydrogen-bond acceptors (Lipinski definition) is 6. The Morgan fingerprint density at radius 3 is 2.70 bits per heavy atom. The number of fused-ring (bicyclic) bond motifs is 1. The molecule has 3 aromatic rings. The van der Waals surface area contributed by atoms with E-state index in [4.69, 9.17) is 0 Å². The Morgan fingerprint density at radius 2 is 2.03 bits per heavy atom. The van der Waals surface area contributed by atoms with Crippen LogP contribution in [0, 0.1) is 6.92 Å². The molecule has 33 heavy (non-hydrogen) atoms. The van der Waals surface area contributed by atoms with Gasteiger partial charge in [0.15, 0.2) is 0 Å². The van der Waals surface area contributed by atoms with Gasteiger partial charge in [-0.1, -0.05) is 13.3 Å². The van der Waals surface area contributed by atoms with E-state index in [-0.39, 0.29) is 17.5 Å². The fraction of sp³-hybridized carbons (Fsp3) is 0.450. The van der Waals surface area contributed by atoms with E-state index in [1.54, 1.807) is 24.7 Å². The highest BCUT2D eigenvalue weighted by Gasteiger charge is 2.31. The molecule has 3 heterocycles. The molecule has 0 aliphatic rings. The first-order valence-electron chi connectivity index (χ1n) is 10.2. The highest BCUT2D eigenvalue weighted by Crippen LogP contribution is 2.32. The molecule has 0 saturated heterocycles. The number of rotatable bonds is 8. The van der Waals surface area contributed by atoms with Crippen LogP contribution >= 0.6 is 0 Å². The van der Waals surface area contributed by atoms with Gasteiger partial charge in [-0.2, -0.15) is 26.7 Å². The maximum Gasteiger partial charge on any atom is 0.422 e. The summed E-state index contributed by atoms with van der Waals surface area (Å²) in [5.74, 6) is -0.0316. The van der Waals surface area contributed by atoms with Gasteiger partial charge in [-0.05, 0) is 31.9 Å². The Labute approximate surface area is 188 Å². The third-order valence-corrected chi connectivity index (χ3v) is 6.11. The molecule has 0 spiro atoms. The number of aryl methyl sites for hydroxylation is 2. The summed E-state index contributed by atoms with van der Waals surface area (Å²) in [7, 11) is -2.54. The lowest BCUT2D eigenvalue weighted by molar-refractivity contribution is -0.137. The zero-order chi connectivity index (χ0) is 24.4. The first kappa shape index (κ1) is 24.6. The molecule has 9 nitrogen and oxygen atoms in total. The summed E-state index contributed by atoms with van der Waals surface area (Å²) in [5, 5.41) is 6.96. The van der Waals surface area contributed by atoms with Crippen molar-refractivity contribution in [1.29, 1.82) is 0 Å². The minimum Gasteiger partial charge on any atom is -0.328 e. The summed E-state index contributed by atoms with van der Waals surface area (Å²) in [5.41, 5.74) is 0.468. The highest BCUT2D eigenvalue weighted by molar-refractivity contribution is 7.87. The van der Waals surface area contributed by atoms with Crippen LogP contribution in [0.2, 0.25) is 0 Å². The molecule has 0 fully saturated rings. The Kier molecular flexibility index (Phi) is 7.00. The van der Waals surface area contributed by atoms with Crippen LogP contribution in [0.3, 0.4) is 0 Å². The molecule has 1 amide bonds.